The third-order valence-electron chi connectivity index (χ3n) is 4.07. The number of carbonyl (C=O) groups is 3. The first-order valence-corrected chi connectivity index (χ1v) is 8.17. The molecular formula is C14H13N5O3S. The van der Waals surface area contributed by atoms with Gasteiger partial charge in [-0.15, -0.1) is 5.10 Å². The summed E-state index contributed by atoms with van der Waals surface area (Å²) in [6, 6.07) is 7.24. The number of aromatic nitrogens is 3. The number of amides is 3. The number of benzene rings is 1. The molecule has 0 radical (unpaired) electrons. The lowest BCUT2D eigenvalue weighted by Gasteiger charge is -2.42. The first kappa shape index (κ1) is 14.2. The predicted octanol–water partition coefficient (Wildman–Crippen LogP) is 0.337. The van der Waals surface area contributed by atoms with E-state index in [0.717, 1.165) is 22.8 Å². The molecule has 3 amide bonds. The van der Waals surface area contributed by atoms with Crippen molar-refractivity contribution < 1.29 is 14.4 Å². The van der Waals surface area contributed by atoms with Crippen molar-refractivity contribution in [2.45, 2.75) is 12.6 Å². The first-order valence-electron chi connectivity index (χ1n) is 7.18. The van der Waals surface area contributed by atoms with Crippen molar-refractivity contribution in [1.82, 2.24) is 24.8 Å². The van der Waals surface area contributed by atoms with Gasteiger partial charge in [-0.2, -0.15) is 0 Å². The van der Waals surface area contributed by atoms with Crippen LogP contribution in [-0.2, 0) is 16.1 Å². The molecule has 3 heterocycles. The van der Waals surface area contributed by atoms with Crippen LogP contribution in [0.5, 0.6) is 0 Å². The molecule has 8 nitrogen and oxygen atoms in total. The molecule has 2 aliphatic heterocycles. The van der Waals surface area contributed by atoms with Crippen LogP contribution in [0.1, 0.15) is 0 Å². The number of fused-ring (bicyclic) bond motifs is 1. The SMILES string of the molecule is O=C(Cn1nnc2ccccc21)N1CC(N2C(=O)CSC2=O)C1. The molecule has 0 N–H and O–H groups in total. The van der Waals surface area contributed by atoms with Crippen molar-refractivity contribution in [3.8, 4) is 0 Å². The fourth-order valence-electron chi connectivity index (χ4n) is 2.80. The molecule has 2 fully saturated rings. The Hall–Kier alpha value is -2.42. The molecular weight excluding hydrogens is 318 g/mol. The molecule has 118 valence electrons. The minimum atomic E-state index is -0.214. The van der Waals surface area contributed by atoms with Crippen LogP contribution in [0.15, 0.2) is 24.3 Å². The highest BCUT2D eigenvalue weighted by atomic mass is 32.2. The van der Waals surface area contributed by atoms with Crippen LogP contribution in [0.3, 0.4) is 0 Å². The normalized spacial score (nSPS) is 18.8. The average molecular weight is 331 g/mol. The van der Waals surface area contributed by atoms with Crippen LogP contribution in [0.2, 0.25) is 0 Å². The van der Waals surface area contributed by atoms with E-state index >= 15 is 0 Å². The Kier molecular flexibility index (Phi) is 3.29. The van der Waals surface area contributed by atoms with Crippen molar-refractivity contribution in [2.24, 2.45) is 0 Å². The quantitative estimate of drug-likeness (QED) is 0.806. The van der Waals surface area contributed by atoms with E-state index in [1.165, 1.54) is 4.90 Å². The lowest BCUT2D eigenvalue weighted by molar-refractivity contribution is -0.142. The maximum Gasteiger partial charge on any atom is 0.289 e. The van der Waals surface area contributed by atoms with Crippen LogP contribution < -0.4 is 0 Å². The van der Waals surface area contributed by atoms with Crippen LogP contribution in [0.4, 0.5) is 4.79 Å². The number of hydrogen-bond acceptors (Lipinski definition) is 6. The van der Waals surface area contributed by atoms with Gasteiger partial charge in [-0.3, -0.25) is 19.3 Å². The van der Waals surface area contributed by atoms with E-state index in [1.54, 1.807) is 9.58 Å². The van der Waals surface area contributed by atoms with Gasteiger partial charge in [0.25, 0.3) is 5.24 Å². The van der Waals surface area contributed by atoms with Gasteiger partial charge in [-0.25, -0.2) is 4.68 Å². The third kappa shape index (κ3) is 2.37. The molecule has 0 saturated carbocycles. The summed E-state index contributed by atoms with van der Waals surface area (Å²) in [5, 5.41) is 7.79. The number of thioether (sulfide) groups is 1. The van der Waals surface area contributed by atoms with Crippen LogP contribution in [-0.4, -0.2) is 66.7 Å². The summed E-state index contributed by atoms with van der Waals surface area (Å²) in [5.41, 5.74) is 1.55. The molecule has 2 aliphatic rings. The number of imide groups is 1. The highest BCUT2D eigenvalue weighted by Crippen LogP contribution is 2.26. The van der Waals surface area contributed by atoms with Gasteiger partial charge >= 0.3 is 0 Å². The van der Waals surface area contributed by atoms with Crippen molar-refractivity contribution in [3.05, 3.63) is 24.3 Å². The van der Waals surface area contributed by atoms with Gasteiger partial charge in [0, 0.05) is 13.1 Å². The summed E-state index contributed by atoms with van der Waals surface area (Å²) in [5.74, 6) is -0.0585. The van der Waals surface area contributed by atoms with Gasteiger partial charge in [0.05, 0.1) is 17.3 Å². The molecule has 23 heavy (non-hydrogen) atoms. The summed E-state index contributed by atoms with van der Waals surface area (Å²) in [6.07, 6.45) is 0. The first-order chi connectivity index (χ1) is 11.1. The Balaban J connectivity index is 1.40. The molecule has 4 rings (SSSR count). The van der Waals surface area contributed by atoms with E-state index in [-0.39, 0.29) is 35.4 Å². The fraction of sp³-hybridized carbons (Fsp3) is 0.357. The monoisotopic (exact) mass is 331 g/mol. The van der Waals surface area contributed by atoms with Crippen LogP contribution in [0, 0.1) is 0 Å². The smallest absolute Gasteiger partial charge is 0.289 e. The van der Waals surface area contributed by atoms with Crippen LogP contribution >= 0.6 is 11.8 Å². The molecule has 0 spiro atoms. The maximum absolute atomic E-state index is 12.3. The fourth-order valence-corrected chi connectivity index (χ4v) is 3.58. The number of nitrogens with zero attached hydrogens (tertiary/aromatic N) is 5. The van der Waals surface area contributed by atoms with Crippen molar-refractivity contribution in [2.75, 3.05) is 18.8 Å². The number of carbonyl (C=O) groups excluding carboxylic acids is 3. The Morgan fingerprint density at radius 2 is 2.04 bits per heavy atom. The molecule has 1 aromatic heterocycles. The zero-order chi connectivity index (χ0) is 16.0. The molecule has 0 aliphatic carbocycles. The number of hydrogen-bond donors (Lipinski definition) is 0. The number of likely N-dealkylation sites (tertiary alicyclic amines) is 1. The lowest BCUT2D eigenvalue weighted by atomic mass is 10.1. The van der Waals surface area contributed by atoms with Gasteiger partial charge in [0.15, 0.2) is 0 Å². The summed E-state index contributed by atoms with van der Waals surface area (Å²) < 4.78 is 1.56. The summed E-state index contributed by atoms with van der Waals surface area (Å²) in [4.78, 5) is 38.5. The van der Waals surface area contributed by atoms with Gasteiger partial charge in [0.2, 0.25) is 11.8 Å². The zero-order valence-corrected chi connectivity index (χ0v) is 12.9. The van der Waals surface area contributed by atoms with E-state index in [0.29, 0.717) is 13.1 Å². The second-order valence-corrected chi connectivity index (χ2v) is 6.43. The summed E-state index contributed by atoms with van der Waals surface area (Å²) >= 11 is 1.02. The molecule has 0 unspecified atom stereocenters. The van der Waals surface area contributed by atoms with Crippen LogP contribution in [0.25, 0.3) is 11.0 Å². The Morgan fingerprint density at radius 3 is 2.78 bits per heavy atom. The van der Waals surface area contributed by atoms with Gasteiger partial charge in [-0.05, 0) is 12.1 Å². The van der Waals surface area contributed by atoms with E-state index in [2.05, 4.69) is 10.3 Å². The summed E-state index contributed by atoms with van der Waals surface area (Å²) in [6.45, 7) is 0.886. The average Bonchev–Trinajstić information content (AvgIpc) is 3.04. The topological polar surface area (TPSA) is 88.4 Å². The maximum atomic E-state index is 12.3. The van der Waals surface area contributed by atoms with Gasteiger partial charge < -0.3 is 4.90 Å². The van der Waals surface area contributed by atoms with E-state index < -0.39 is 0 Å². The predicted molar refractivity (Wildman–Crippen MR) is 82.6 cm³/mol. The molecule has 0 atom stereocenters. The molecule has 0 bridgehead atoms. The second-order valence-electron chi connectivity index (χ2n) is 5.51. The molecule has 9 heteroatoms. The van der Waals surface area contributed by atoms with Gasteiger partial charge in [-0.1, -0.05) is 29.1 Å². The van der Waals surface area contributed by atoms with Crippen molar-refractivity contribution in [1.29, 1.82) is 0 Å². The Morgan fingerprint density at radius 1 is 1.26 bits per heavy atom. The van der Waals surface area contributed by atoms with Gasteiger partial charge in [0.1, 0.15) is 12.1 Å². The molecule has 2 aromatic rings. The zero-order valence-electron chi connectivity index (χ0n) is 12.1. The summed E-state index contributed by atoms with van der Waals surface area (Å²) in [7, 11) is 0. The van der Waals surface area contributed by atoms with E-state index in [1.807, 2.05) is 24.3 Å². The lowest BCUT2D eigenvalue weighted by Crippen LogP contribution is -2.62. The standard InChI is InChI=1S/C14H13N5O3S/c20-12(7-18-11-4-2-1-3-10(11)15-16-18)17-5-9(6-17)19-13(21)8-23-14(19)22/h1-4,9H,5-8H2. The minimum absolute atomic E-state index is 0.0938. The van der Waals surface area contributed by atoms with E-state index in [4.69, 9.17) is 0 Å². The number of rotatable bonds is 3. The molecule has 2 saturated heterocycles. The number of para-hydroxylation sites is 1. The Labute approximate surface area is 135 Å². The Bertz CT molecular complexity index is 798. The highest BCUT2D eigenvalue weighted by Gasteiger charge is 2.43. The molecule has 1 aromatic carbocycles. The van der Waals surface area contributed by atoms with Crippen molar-refractivity contribution >= 4 is 39.8 Å². The second kappa shape index (κ2) is 5.34. The highest BCUT2D eigenvalue weighted by molar-refractivity contribution is 8.14. The minimum Gasteiger partial charge on any atom is -0.337 e. The third-order valence-corrected chi connectivity index (χ3v) is 4.90. The van der Waals surface area contributed by atoms with E-state index in [9.17, 15) is 14.4 Å². The largest absolute Gasteiger partial charge is 0.337 e. The van der Waals surface area contributed by atoms with Crippen molar-refractivity contribution in [3.63, 3.8) is 0 Å².